The maximum atomic E-state index is 12.7. The van der Waals surface area contributed by atoms with Crippen LogP contribution in [0.25, 0.3) is 21.5 Å². The Balaban J connectivity index is 1.85. The van der Waals surface area contributed by atoms with E-state index in [2.05, 4.69) is 9.88 Å². The van der Waals surface area contributed by atoms with E-state index in [9.17, 15) is 8.42 Å². The number of hydrogen-bond acceptors (Lipinski definition) is 4. The highest BCUT2D eigenvalue weighted by atomic mass is 32.2. The highest BCUT2D eigenvalue weighted by Gasteiger charge is 2.19. The summed E-state index contributed by atoms with van der Waals surface area (Å²) in [6.45, 7) is 3.52. The quantitative estimate of drug-likeness (QED) is 0.555. The number of nitrogens with zero attached hydrogens (tertiary/aromatic N) is 1. The first kappa shape index (κ1) is 15.7. The fourth-order valence-electron chi connectivity index (χ4n) is 2.84. The van der Waals surface area contributed by atoms with Gasteiger partial charge in [0.2, 0.25) is 5.88 Å². The van der Waals surface area contributed by atoms with E-state index < -0.39 is 10.0 Å². The lowest BCUT2D eigenvalue weighted by Crippen LogP contribution is -2.13. The molecular formula is C19H16N2O3S. The summed E-state index contributed by atoms with van der Waals surface area (Å²) in [5.41, 5.74) is 1.33. The summed E-state index contributed by atoms with van der Waals surface area (Å²) < 4.78 is 33.0. The third-order valence-corrected chi connectivity index (χ3v) is 5.74. The van der Waals surface area contributed by atoms with Gasteiger partial charge in [0.1, 0.15) is 0 Å². The molecule has 0 saturated heterocycles. The summed E-state index contributed by atoms with van der Waals surface area (Å²) in [6.07, 6.45) is 0. The average molecular weight is 352 g/mol. The van der Waals surface area contributed by atoms with Crippen molar-refractivity contribution < 1.29 is 12.9 Å². The Morgan fingerprint density at radius 1 is 0.920 bits per heavy atom. The Morgan fingerprint density at radius 2 is 1.60 bits per heavy atom. The summed E-state index contributed by atoms with van der Waals surface area (Å²) in [6, 6.07) is 17.0. The van der Waals surface area contributed by atoms with E-state index in [1.165, 1.54) is 0 Å². The fraction of sp³-hybridized carbons (Fsp3) is 0.105. The number of aromatic nitrogens is 1. The molecule has 0 fully saturated rings. The lowest BCUT2D eigenvalue weighted by molar-refractivity contribution is 0.430. The van der Waals surface area contributed by atoms with Gasteiger partial charge >= 0.3 is 0 Å². The standard InChI is InChI=1S/C19H16N2O3S/c1-12-13(2)20-24-19(12)21-25(22,23)16-10-9-15-8-7-14-5-3-4-6-17(14)18(15)11-16/h3-11,21H,1-2H3. The van der Waals surface area contributed by atoms with E-state index in [1.807, 2.05) is 42.5 Å². The molecular weight excluding hydrogens is 336 g/mol. The Hall–Kier alpha value is -2.86. The van der Waals surface area contributed by atoms with E-state index in [-0.39, 0.29) is 10.8 Å². The van der Waals surface area contributed by atoms with E-state index >= 15 is 0 Å². The van der Waals surface area contributed by atoms with Crippen molar-refractivity contribution in [1.29, 1.82) is 0 Å². The molecule has 0 aliphatic rings. The van der Waals surface area contributed by atoms with Crippen molar-refractivity contribution in [3.05, 3.63) is 65.9 Å². The third kappa shape index (κ3) is 2.64. The first-order valence-electron chi connectivity index (χ1n) is 7.83. The van der Waals surface area contributed by atoms with Crippen LogP contribution in [0.1, 0.15) is 11.3 Å². The van der Waals surface area contributed by atoms with Crippen LogP contribution in [0.5, 0.6) is 0 Å². The Morgan fingerprint density at radius 3 is 2.32 bits per heavy atom. The second-order valence-corrected chi connectivity index (χ2v) is 7.68. The minimum atomic E-state index is -3.77. The van der Waals surface area contributed by atoms with E-state index in [4.69, 9.17) is 4.52 Å². The number of sulfonamides is 1. The molecule has 0 radical (unpaired) electrons. The van der Waals surface area contributed by atoms with Gasteiger partial charge in [-0.05, 0) is 47.5 Å². The van der Waals surface area contributed by atoms with Crippen LogP contribution in [-0.4, -0.2) is 13.6 Å². The van der Waals surface area contributed by atoms with E-state index in [0.717, 1.165) is 21.5 Å². The van der Waals surface area contributed by atoms with Crippen molar-refractivity contribution in [2.45, 2.75) is 18.7 Å². The minimum absolute atomic E-state index is 0.149. The molecule has 1 aromatic heterocycles. The van der Waals surface area contributed by atoms with Crippen LogP contribution in [0.2, 0.25) is 0 Å². The lowest BCUT2D eigenvalue weighted by Gasteiger charge is -2.09. The molecule has 0 saturated carbocycles. The van der Waals surface area contributed by atoms with Crippen LogP contribution in [0.4, 0.5) is 5.88 Å². The molecule has 1 N–H and O–H groups in total. The minimum Gasteiger partial charge on any atom is -0.337 e. The van der Waals surface area contributed by atoms with E-state index in [0.29, 0.717) is 11.3 Å². The number of benzene rings is 3. The van der Waals surface area contributed by atoms with E-state index in [1.54, 1.807) is 26.0 Å². The van der Waals surface area contributed by atoms with Crippen LogP contribution in [0.3, 0.4) is 0 Å². The van der Waals surface area contributed by atoms with Crippen molar-refractivity contribution in [2.24, 2.45) is 0 Å². The summed E-state index contributed by atoms with van der Waals surface area (Å²) in [5.74, 6) is 0.149. The number of hydrogen-bond donors (Lipinski definition) is 1. The predicted octanol–water partition coefficient (Wildman–Crippen LogP) is 4.40. The van der Waals surface area contributed by atoms with Crippen molar-refractivity contribution in [1.82, 2.24) is 5.16 Å². The second kappa shape index (κ2) is 5.60. The molecule has 4 aromatic rings. The maximum absolute atomic E-state index is 12.7. The van der Waals surface area contributed by atoms with Gasteiger partial charge in [-0.2, -0.15) is 0 Å². The van der Waals surface area contributed by atoms with Gasteiger partial charge in [-0.25, -0.2) is 13.1 Å². The molecule has 0 amide bonds. The molecule has 5 nitrogen and oxygen atoms in total. The molecule has 0 aliphatic carbocycles. The first-order valence-corrected chi connectivity index (χ1v) is 9.31. The van der Waals surface area contributed by atoms with Crippen LogP contribution in [0, 0.1) is 13.8 Å². The normalized spacial score (nSPS) is 11.9. The molecule has 126 valence electrons. The van der Waals surface area contributed by atoms with Crippen molar-refractivity contribution in [3.8, 4) is 0 Å². The fourth-order valence-corrected chi connectivity index (χ4v) is 3.91. The van der Waals surface area contributed by atoms with Crippen LogP contribution >= 0.6 is 0 Å². The maximum Gasteiger partial charge on any atom is 0.264 e. The van der Waals surface area contributed by atoms with Gasteiger partial charge in [0.05, 0.1) is 10.6 Å². The summed E-state index contributed by atoms with van der Waals surface area (Å²) >= 11 is 0. The molecule has 0 spiro atoms. The third-order valence-electron chi connectivity index (χ3n) is 4.41. The number of aryl methyl sites for hydroxylation is 1. The van der Waals surface area contributed by atoms with Gasteiger partial charge in [0.25, 0.3) is 10.0 Å². The average Bonchev–Trinajstić information content (AvgIpc) is 2.92. The second-order valence-electron chi connectivity index (χ2n) is 6.00. The van der Waals surface area contributed by atoms with Crippen molar-refractivity contribution in [2.75, 3.05) is 4.72 Å². The molecule has 0 bridgehead atoms. The monoisotopic (exact) mass is 352 g/mol. The molecule has 25 heavy (non-hydrogen) atoms. The van der Waals surface area contributed by atoms with Gasteiger partial charge in [-0.15, -0.1) is 0 Å². The highest BCUT2D eigenvalue weighted by Crippen LogP contribution is 2.29. The predicted molar refractivity (Wildman–Crippen MR) is 98.2 cm³/mol. The Bertz CT molecular complexity index is 1210. The SMILES string of the molecule is Cc1noc(NS(=O)(=O)c2ccc3ccc4ccccc4c3c2)c1C. The molecule has 0 aliphatic heterocycles. The summed E-state index contributed by atoms with van der Waals surface area (Å²) in [7, 11) is -3.77. The number of fused-ring (bicyclic) bond motifs is 3. The molecule has 1 heterocycles. The summed E-state index contributed by atoms with van der Waals surface area (Å²) in [5, 5.41) is 7.75. The first-order chi connectivity index (χ1) is 12.0. The zero-order valence-electron chi connectivity index (χ0n) is 13.8. The van der Waals surface area contributed by atoms with Gasteiger partial charge in [-0.1, -0.05) is 47.6 Å². The number of nitrogens with one attached hydrogen (secondary N) is 1. The van der Waals surface area contributed by atoms with Crippen LogP contribution in [0.15, 0.2) is 64.0 Å². The summed E-state index contributed by atoms with van der Waals surface area (Å²) in [4.78, 5) is 0.185. The van der Waals surface area contributed by atoms with Gasteiger partial charge < -0.3 is 4.52 Å². The van der Waals surface area contributed by atoms with Gasteiger partial charge in [-0.3, -0.25) is 0 Å². The Kier molecular flexibility index (Phi) is 3.51. The van der Waals surface area contributed by atoms with Crippen molar-refractivity contribution >= 4 is 37.5 Å². The molecule has 3 aromatic carbocycles. The largest absolute Gasteiger partial charge is 0.337 e. The van der Waals surface area contributed by atoms with Crippen molar-refractivity contribution in [3.63, 3.8) is 0 Å². The smallest absolute Gasteiger partial charge is 0.264 e. The van der Waals surface area contributed by atoms with Crippen LogP contribution < -0.4 is 4.72 Å². The molecule has 0 atom stereocenters. The topological polar surface area (TPSA) is 72.2 Å². The number of rotatable bonds is 3. The lowest BCUT2D eigenvalue weighted by atomic mass is 10.0. The molecule has 4 rings (SSSR count). The zero-order chi connectivity index (χ0) is 17.6. The van der Waals surface area contributed by atoms with Crippen LogP contribution in [-0.2, 0) is 10.0 Å². The molecule has 6 heteroatoms. The molecule has 0 unspecified atom stereocenters. The number of anilines is 1. The zero-order valence-corrected chi connectivity index (χ0v) is 14.6. The highest BCUT2D eigenvalue weighted by molar-refractivity contribution is 7.92. The Labute approximate surface area is 145 Å². The van der Waals surface area contributed by atoms with Gasteiger partial charge in [0, 0.05) is 5.56 Å². The van der Waals surface area contributed by atoms with Gasteiger partial charge in [0.15, 0.2) is 0 Å².